The van der Waals surface area contributed by atoms with E-state index in [0.29, 0.717) is 5.92 Å². The summed E-state index contributed by atoms with van der Waals surface area (Å²) in [5.74, 6) is 0.679. The maximum Gasteiger partial charge on any atom is 0.0959 e. The van der Waals surface area contributed by atoms with E-state index in [1.54, 1.807) is 0 Å². The summed E-state index contributed by atoms with van der Waals surface area (Å²) >= 11 is 1.85. The third-order valence-electron chi connectivity index (χ3n) is 2.78. The molecule has 15 heavy (non-hydrogen) atoms. The van der Waals surface area contributed by atoms with Gasteiger partial charge in [0.15, 0.2) is 0 Å². The molecular formula is C11H19N3S. The Morgan fingerprint density at radius 1 is 1.60 bits per heavy atom. The second kappa shape index (κ2) is 5.05. The molecule has 1 aromatic rings. The van der Waals surface area contributed by atoms with Gasteiger partial charge in [-0.05, 0) is 39.3 Å². The van der Waals surface area contributed by atoms with Crippen LogP contribution in [0.4, 0.5) is 0 Å². The lowest BCUT2D eigenvalue weighted by molar-refractivity contribution is 0.459. The van der Waals surface area contributed by atoms with Crippen molar-refractivity contribution in [2.45, 2.75) is 38.1 Å². The smallest absolute Gasteiger partial charge is 0.0959 e. The van der Waals surface area contributed by atoms with Crippen LogP contribution in [-0.2, 0) is 6.42 Å². The van der Waals surface area contributed by atoms with E-state index in [1.165, 1.54) is 22.7 Å². The molecule has 1 atom stereocenters. The number of nitrogens with one attached hydrogen (secondary N) is 1. The highest BCUT2D eigenvalue weighted by Gasteiger charge is 2.18. The average molecular weight is 225 g/mol. The van der Waals surface area contributed by atoms with Gasteiger partial charge in [-0.15, -0.1) is 11.3 Å². The predicted molar refractivity (Wildman–Crippen MR) is 64.3 cm³/mol. The summed E-state index contributed by atoms with van der Waals surface area (Å²) in [5, 5.41) is 4.69. The minimum absolute atomic E-state index is 0.242. The highest BCUT2D eigenvalue weighted by atomic mass is 32.1. The van der Waals surface area contributed by atoms with E-state index in [2.05, 4.69) is 10.3 Å². The van der Waals surface area contributed by atoms with Crippen LogP contribution >= 0.6 is 11.3 Å². The van der Waals surface area contributed by atoms with Crippen LogP contribution in [0.3, 0.4) is 0 Å². The molecule has 1 unspecified atom stereocenters. The Morgan fingerprint density at radius 3 is 3.00 bits per heavy atom. The van der Waals surface area contributed by atoms with Crippen LogP contribution in [0.1, 0.15) is 35.6 Å². The van der Waals surface area contributed by atoms with Gasteiger partial charge >= 0.3 is 0 Å². The maximum absolute atomic E-state index is 5.78. The first kappa shape index (κ1) is 11.0. The summed E-state index contributed by atoms with van der Waals surface area (Å²) < 4.78 is 0. The van der Waals surface area contributed by atoms with Crippen molar-refractivity contribution in [3.8, 4) is 0 Å². The van der Waals surface area contributed by atoms with Crippen molar-refractivity contribution in [2.24, 2.45) is 5.73 Å². The second-order valence-corrected chi connectivity index (χ2v) is 5.52. The van der Waals surface area contributed by atoms with Crippen LogP contribution in [0.25, 0.3) is 0 Å². The summed E-state index contributed by atoms with van der Waals surface area (Å²) in [7, 11) is 0. The Bertz CT molecular complexity index is 303. The highest BCUT2D eigenvalue weighted by molar-refractivity contribution is 7.11. The Labute approximate surface area is 95.1 Å². The molecule has 1 aliphatic heterocycles. The zero-order valence-electron chi connectivity index (χ0n) is 9.20. The Hall–Kier alpha value is -0.450. The SMILES string of the molecule is CC(N)Cc1cnc(C2CCNCC2)s1. The predicted octanol–water partition coefficient (Wildman–Crippen LogP) is 1.50. The molecular weight excluding hydrogens is 206 g/mol. The molecule has 0 aromatic carbocycles. The van der Waals surface area contributed by atoms with Crippen molar-refractivity contribution >= 4 is 11.3 Å². The van der Waals surface area contributed by atoms with E-state index in [9.17, 15) is 0 Å². The van der Waals surface area contributed by atoms with E-state index >= 15 is 0 Å². The lowest BCUT2D eigenvalue weighted by atomic mass is 9.99. The molecule has 1 aromatic heterocycles. The van der Waals surface area contributed by atoms with Gasteiger partial charge in [0, 0.05) is 23.0 Å². The van der Waals surface area contributed by atoms with Gasteiger partial charge in [-0.1, -0.05) is 0 Å². The van der Waals surface area contributed by atoms with E-state index < -0.39 is 0 Å². The molecule has 2 heterocycles. The first-order chi connectivity index (χ1) is 7.25. The molecule has 0 radical (unpaired) electrons. The fourth-order valence-corrected chi connectivity index (χ4v) is 3.22. The lowest BCUT2D eigenvalue weighted by Gasteiger charge is -2.20. The topological polar surface area (TPSA) is 50.9 Å². The number of hydrogen-bond donors (Lipinski definition) is 2. The number of thiazole rings is 1. The van der Waals surface area contributed by atoms with Gasteiger partial charge in [-0.3, -0.25) is 0 Å². The Balaban J connectivity index is 1.99. The minimum Gasteiger partial charge on any atom is -0.328 e. The monoisotopic (exact) mass is 225 g/mol. The number of rotatable bonds is 3. The van der Waals surface area contributed by atoms with E-state index in [0.717, 1.165) is 19.5 Å². The molecule has 3 N–H and O–H groups in total. The van der Waals surface area contributed by atoms with Gasteiger partial charge < -0.3 is 11.1 Å². The molecule has 4 heteroatoms. The van der Waals surface area contributed by atoms with Crippen LogP contribution in [-0.4, -0.2) is 24.1 Å². The van der Waals surface area contributed by atoms with Gasteiger partial charge in [0.05, 0.1) is 5.01 Å². The number of aromatic nitrogens is 1. The molecule has 0 amide bonds. The highest BCUT2D eigenvalue weighted by Crippen LogP contribution is 2.29. The first-order valence-corrected chi connectivity index (χ1v) is 6.48. The number of hydrogen-bond acceptors (Lipinski definition) is 4. The summed E-state index contributed by atoms with van der Waals surface area (Å²) in [5.41, 5.74) is 5.78. The van der Waals surface area contributed by atoms with Crippen molar-refractivity contribution in [3.05, 3.63) is 16.1 Å². The molecule has 0 saturated carbocycles. The molecule has 3 nitrogen and oxygen atoms in total. The fraction of sp³-hybridized carbons (Fsp3) is 0.727. The number of nitrogens with zero attached hydrogens (tertiary/aromatic N) is 1. The fourth-order valence-electron chi connectivity index (χ4n) is 1.99. The van der Waals surface area contributed by atoms with E-state index in [-0.39, 0.29) is 6.04 Å². The average Bonchev–Trinajstić information content (AvgIpc) is 2.67. The van der Waals surface area contributed by atoms with Crippen LogP contribution in [0, 0.1) is 0 Å². The zero-order valence-corrected chi connectivity index (χ0v) is 10.0. The number of piperidine rings is 1. The Kier molecular flexibility index (Phi) is 3.72. The zero-order chi connectivity index (χ0) is 10.7. The number of nitrogens with two attached hydrogens (primary N) is 1. The Morgan fingerprint density at radius 2 is 2.33 bits per heavy atom. The molecule has 84 valence electrons. The van der Waals surface area contributed by atoms with E-state index in [1.807, 2.05) is 24.5 Å². The van der Waals surface area contributed by atoms with E-state index in [4.69, 9.17) is 5.73 Å². The summed E-state index contributed by atoms with van der Waals surface area (Å²) in [6.07, 6.45) is 5.42. The molecule has 1 aliphatic rings. The first-order valence-electron chi connectivity index (χ1n) is 5.66. The van der Waals surface area contributed by atoms with Crippen LogP contribution in [0.5, 0.6) is 0 Å². The molecule has 1 saturated heterocycles. The van der Waals surface area contributed by atoms with Gasteiger partial charge in [0.1, 0.15) is 0 Å². The summed E-state index contributed by atoms with van der Waals surface area (Å²) in [4.78, 5) is 5.86. The quantitative estimate of drug-likeness (QED) is 0.819. The minimum atomic E-state index is 0.242. The lowest BCUT2D eigenvalue weighted by Crippen LogP contribution is -2.26. The van der Waals surface area contributed by atoms with Crippen LogP contribution in [0.2, 0.25) is 0 Å². The summed E-state index contributed by atoms with van der Waals surface area (Å²) in [6, 6.07) is 0.242. The van der Waals surface area contributed by atoms with Crippen LogP contribution < -0.4 is 11.1 Å². The maximum atomic E-state index is 5.78. The largest absolute Gasteiger partial charge is 0.328 e. The van der Waals surface area contributed by atoms with Crippen molar-refractivity contribution in [3.63, 3.8) is 0 Å². The molecule has 0 aliphatic carbocycles. The standard InChI is InChI=1S/C11H19N3S/c1-8(12)6-10-7-14-11(15-10)9-2-4-13-5-3-9/h7-9,13H,2-6,12H2,1H3. The molecule has 1 fully saturated rings. The van der Waals surface area contributed by atoms with Gasteiger partial charge in [0.25, 0.3) is 0 Å². The molecule has 0 bridgehead atoms. The van der Waals surface area contributed by atoms with Crippen molar-refractivity contribution < 1.29 is 0 Å². The van der Waals surface area contributed by atoms with Gasteiger partial charge in [-0.2, -0.15) is 0 Å². The second-order valence-electron chi connectivity index (χ2n) is 4.37. The third kappa shape index (κ3) is 3.00. The van der Waals surface area contributed by atoms with Crippen molar-refractivity contribution in [1.82, 2.24) is 10.3 Å². The van der Waals surface area contributed by atoms with Crippen molar-refractivity contribution in [2.75, 3.05) is 13.1 Å². The molecule has 0 spiro atoms. The van der Waals surface area contributed by atoms with Gasteiger partial charge in [-0.25, -0.2) is 4.98 Å². The normalized spacial score (nSPS) is 20.4. The molecule has 2 rings (SSSR count). The van der Waals surface area contributed by atoms with Crippen molar-refractivity contribution in [1.29, 1.82) is 0 Å². The third-order valence-corrected chi connectivity index (χ3v) is 3.97. The van der Waals surface area contributed by atoms with Crippen LogP contribution in [0.15, 0.2) is 6.20 Å². The summed E-state index contributed by atoms with van der Waals surface area (Å²) in [6.45, 7) is 4.31. The van der Waals surface area contributed by atoms with Gasteiger partial charge in [0.2, 0.25) is 0 Å².